The zero-order chi connectivity index (χ0) is 15.6. The first-order valence-corrected chi connectivity index (χ1v) is 7.42. The molecule has 0 saturated carbocycles. The van der Waals surface area contributed by atoms with Crippen LogP contribution < -0.4 is 10.5 Å². The van der Waals surface area contributed by atoms with Crippen molar-refractivity contribution < 1.29 is 17.8 Å². The van der Waals surface area contributed by atoms with Crippen LogP contribution in [0.2, 0.25) is 0 Å². The van der Waals surface area contributed by atoms with Gasteiger partial charge >= 0.3 is 5.88 Å². The largest absolute Gasteiger partial charge is 0.433 e. The van der Waals surface area contributed by atoms with Crippen LogP contribution in [0.1, 0.15) is 11.3 Å². The van der Waals surface area contributed by atoms with Crippen LogP contribution in [0.25, 0.3) is 0 Å². The van der Waals surface area contributed by atoms with Gasteiger partial charge in [-0.1, -0.05) is 6.07 Å². The molecule has 1 heterocycles. The lowest BCUT2D eigenvalue weighted by Gasteiger charge is -2.08. The number of nitrogens with two attached hydrogens (primary N) is 1. The molecule has 2 rings (SSSR count). The molecule has 0 saturated heterocycles. The summed E-state index contributed by atoms with van der Waals surface area (Å²) in [7, 11) is -3.80. The highest BCUT2D eigenvalue weighted by Gasteiger charge is 2.13. The Labute approximate surface area is 120 Å². The normalized spacial score (nSPS) is 11.3. The molecule has 1 aromatic carbocycles. The second-order valence-electron chi connectivity index (χ2n) is 4.38. The minimum Gasteiger partial charge on any atom is -0.404 e. The SMILES string of the molecule is Cc1ccc(NCc2ccc([N+](=O)[O-])o2)cc1S(N)(=O)=O. The fourth-order valence-electron chi connectivity index (χ4n) is 1.77. The zero-order valence-corrected chi connectivity index (χ0v) is 11.9. The maximum Gasteiger partial charge on any atom is 0.433 e. The van der Waals surface area contributed by atoms with Crippen LogP contribution in [0.5, 0.6) is 0 Å². The molecule has 0 aliphatic rings. The van der Waals surface area contributed by atoms with Crippen LogP contribution in [0.4, 0.5) is 11.6 Å². The van der Waals surface area contributed by atoms with Crippen LogP contribution in [0.3, 0.4) is 0 Å². The molecule has 8 nitrogen and oxygen atoms in total. The van der Waals surface area contributed by atoms with E-state index in [1.807, 2.05) is 0 Å². The van der Waals surface area contributed by atoms with E-state index in [-0.39, 0.29) is 17.3 Å². The van der Waals surface area contributed by atoms with E-state index < -0.39 is 14.9 Å². The number of aryl methyl sites for hydroxylation is 1. The zero-order valence-electron chi connectivity index (χ0n) is 11.1. The molecular formula is C12H13N3O5S. The second kappa shape index (κ2) is 5.54. The van der Waals surface area contributed by atoms with Gasteiger partial charge in [-0.25, -0.2) is 13.6 Å². The van der Waals surface area contributed by atoms with Crippen molar-refractivity contribution in [3.8, 4) is 0 Å². The van der Waals surface area contributed by atoms with Crippen LogP contribution >= 0.6 is 0 Å². The summed E-state index contributed by atoms with van der Waals surface area (Å²) in [4.78, 5) is 9.89. The molecule has 0 aliphatic carbocycles. The first-order chi connectivity index (χ1) is 9.77. The van der Waals surface area contributed by atoms with Crippen molar-refractivity contribution in [3.05, 3.63) is 51.8 Å². The Kier molecular flexibility index (Phi) is 3.96. The Morgan fingerprint density at radius 3 is 2.62 bits per heavy atom. The van der Waals surface area contributed by atoms with E-state index in [4.69, 9.17) is 9.56 Å². The molecule has 0 unspecified atom stereocenters. The summed E-state index contributed by atoms with van der Waals surface area (Å²) in [6, 6.07) is 7.43. The molecule has 21 heavy (non-hydrogen) atoms. The lowest BCUT2D eigenvalue weighted by molar-refractivity contribution is -0.402. The van der Waals surface area contributed by atoms with Gasteiger partial charge < -0.3 is 9.73 Å². The maximum atomic E-state index is 11.4. The number of hydrogen-bond donors (Lipinski definition) is 2. The number of primary sulfonamides is 1. The van der Waals surface area contributed by atoms with E-state index in [0.717, 1.165) is 0 Å². The van der Waals surface area contributed by atoms with Crippen LogP contribution in [-0.4, -0.2) is 13.3 Å². The molecule has 0 aliphatic heterocycles. The molecule has 9 heteroatoms. The van der Waals surface area contributed by atoms with Crippen molar-refractivity contribution in [2.75, 3.05) is 5.32 Å². The number of nitro groups is 1. The Morgan fingerprint density at radius 2 is 2.05 bits per heavy atom. The van der Waals surface area contributed by atoms with Gasteiger partial charge in [0.1, 0.15) is 10.7 Å². The van der Waals surface area contributed by atoms with Crippen molar-refractivity contribution in [2.45, 2.75) is 18.4 Å². The predicted octanol–water partition coefficient (Wildman–Crippen LogP) is 1.76. The van der Waals surface area contributed by atoms with E-state index in [2.05, 4.69) is 5.32 Å². The topological polar surface area (TPSA) is 128 Å². The van der Waals surface area contributed by atoms with Gasteiger partial charge in [-0.2, -0.15) is 0 Å². The standard InChI is InChI=1S/C12H13N3O5S/c1-8-2-3-9(6-11(8)21(13,18)19)14-7-10-4-5-12(20-10)15(16)17/h2-6,14H,7H2,1H3,(H2,13,18,19). The molecule has 0 fully saturated rings. The van der Waals surface area contributed by atoms with Crippen molar-refractivity contribution in [2.24, 2.45) is 5.14 Å². The smallest absolute Gasteiger partial charge is 0.404 e. The van der Waals surface area contributed by atoms with Crippen molar-refractivity contribution >= 4 is 21.6 Å². The van der Waals surface area contributed by atoms with Gasteiger partial charge in [-0.15, -0.1) is 0 Å². The summed E-state index contributed by atoms with van der Waals surface area (Å²) in [5.41, 5.74) is 1.06. The van der Waals surface area contributed by atoms with Crippen molar-refractivity contribution in [1.29, 1.82) is 0 Å². The number of sulfonamides is 1. The minimum atomic E-state index is -3.80. The summed E-state index contributed by atoms with van der Waals surface area (Å²) in [6.07, 6.45) is 0. The van der Waals surface area contributed by atoms with Gasteiger partial charge in [0.2, 0.25) is 10.0 Å². The molecule has 0 bridgehead atoms. The summed E-state index contributed by atoms with van der Waals surface area (Å²) in [6.45, 7) is 1.82. The highest BCUT2D eigenvalue weighted by atomic mass is 32.2. The van der Waals surface area contributed by atoms with E-state index in [9.17, 15) is 18.5 Å². The summed E-state index contributed by atoms with van der Waals surface area (Å²) in [5, 5.41) is 18.5. The first-order valence-electron chi connectivity index (χ1n) is 5.88. The predicted molar refractivity (Wildman–Crippen MR) is 75.2 cm³/mol. The highest BCUT2D eigenvalue weighted by Crippen LogP contribution is 2.21. The molecule has 2 aromatic rings. The number of benzene rings is 1. The average Bonchev–Trinajstić information content (AvgIpc) is 2.85. The van der Waals surface area contributed by atoms with Crippen LogP contribution in [0, 0.1) is 17.0 Å². The first kappa shape index (κ1) is 15.0. The molecule has 0 amide bonds. The molecule has 0 spiro atoms. The van der Waals surface area contributed by atoms with E-state index in [1.54, 1.807) is 19.1 Å². The van der Waals surface area contributed by atoms with Crippen LogP contribution in [0.15, 0.2) is 39.6 Å². The van der Waals surface area contributed by atoms with Gasteiger partial charge in [0.25, 0.3) is 0 Å². The fraction of sp³-hybridized carbons (Fsp3) is 0.167. The Balaban J connectivity index is 2.15. The van der Waals surface area contributed by atoms with Crippen molar-refractivity contribution in [1.82, 2.24) is 0 Å². The highest BCUT2D eigenvalue weighted by molar-refractivity contribution is 7.89. The minimum absolute atomic E-state index is 0.0259. The number of furan rings is 1. The average molecular weight is 311 g/mol. The lowest BCUT2D eigenvalue weighted by atomic mass is 10.2. The number of anilines is 1. The monoisotopic (exact) mass is 311 g/mol. The third kappa shape index (κ3) is 3.58. The second-order valence-corrected chi connectivity index (χ2v) is 5.91. The van der Waals surface area contributed by atoms with Crippen LogP contribution in [-0.2, 0) is 16.6 Å². The number of nitrogens with zero attached hydrogens (tertiary/aromatic N) is 1. The van der Waals surface area contributed by atoms with Gasteiger partial charge in [-0.05, 0) is 30.7 Å². The molecule has 1 aromatic heterocycles. The number of hydrogen-bond acceptors (Lipinski definition) is 6. The van der Waals surface area contributed by atoms with E-state index >= 15 is 0 Å². The van der Waals surface area contributed by atoms with Gasteiger partial charge in [-0.3, -0.25) is 10.1 Å². The van der Waals surface area contributed by atoms with Gasteiger partial charge in [0.05, 0.1) is 17.5 Å². The number of rotatable bonds is 5. The third-order valence-electron chi connectivity index (χ3n) is 2.79. The molecule has 112 valence electrons. The summed E-state index contributed by atoms with van der Waals surface area (Å²) in [5.74, 6) is 0.0142. The summed E-state index contributed by atoms with van der Waals surface area (Å²) >= 11 is 0. The Morgan fingerprint density at radius 1 is 1.33 bits per heavy atom. The molecule has 3 N–H and O–H groups in total. The van der Waals surface area contributed by atoms with E-state index in [0.29, 0.717) is 17.0 Å². The number of nitrogens with one attached hydrogen (secondary N) is 1. The fourth-order valence-corrected chi connectivity index (χ4v) is 2.57. The van der Waals surface area contributed by atoms with E-state index in [1.165, 1.54) is 18.2 Å². The van der Waals surface area contributed by atoms with Crippen molar-refractivity contribution in [3.63, 3.8) is 0 Å². The van der Waals surface area contributed by atoms with Gasteiger partial charge in [0.15, 0.2) is 0 Å². The quantitative estimate of drug-likeness (QED) is 0.639. The lowest BCUT2D eigenvalue weighted by Crippen LogP contribution is -2.14. The summed E-state index contributed by atoms with van der Waals surface area (Å²) < 4.78 is 27.8. The third-order valence-corrected chi connectivity index (χ3v) is 3.84. The molecule has 0 atom stereocenters. The maximum absolute atomic E-state index is 11.4. The van der Waals surface area contributed by atoms with Gasteiger partial charge in [0, 0.05) is 5.69 Å². The Bertz CT molecular complexity index is 782. The molecular weight excluding hydrogens is 298 g/mol. The Hall–Kier alpha value is -2.39. The molecule has 0 radical (unpaired) electrons.